The molecule has 1 saturated carbocycles. The van der Waals surface area contributed by atoms with Crippen molar-refractivity contribution >= 4 is 23.4 Å². The number of rotatable bonds is 8. The van der Waals surface area contributed by atoms with E-state index in [1.807, 2.05) is 13.8 Å². The Kier molecular flexibility index (Phi) is 14.0. The molecule has 2 N–H and O–H groups in total. The molecule has 1 aliphatic carbocycles. The lowest BCUT2D eigenvalue weighted by Crippen LogP contribution is -2.48. The molecule has 3 rings (SSSR count). The van der Waals surface area contributed by atoms with Crippen molar-refractivity contribution in [2.75, 3.05) is 38.7 Å². The Labute approximate surface area is 264 Å². The van der Waals surface area contributed by atoms with Crippen molar-refractivity contribution in [1.82, 2.24) is 9.80 Å². The van der Waals surface area contributed by atoms with Gasteiger partial charge < -0.3 is 29.7 Å². The van der Waals surface area contributed by atoms with Crippen LogP contribution in [0.1, 0.15) is 95.3 Å². The Morgan fingerprint density at radius 3 is 2.47 bits per heavy atom. The van der Waals surface area contributed by atoms with Crippen LogP contribution in [-0.2, 0) is 14.3 Å². The number of aliphatic hydroxyl groups excluding tert-OH is 1. The molecule has 9 nitrogen and oxygen atoms in total. The van der Waals surface area contributed by atoms with E-state index in [9.17, 15) is 32.7 Å². The van der Waals surface area contributed by atoms with Gasteiger partial charge in [0.05, 0.1) is 36.8 Å². The predicted molar refractivity (Wildman–Crippen MR) is 165 cm³/mol. The van der Waals surface area contributed by atoms with Gasteiger partial charge in [0.1, 0.15) is 5.75 Å². The summed E-state index contributed by atoms with van der Waals surface area (Å²) < 4.78 is 50.5. The molecule has 0 radical (unpaired) electrons. The van der Waals surface area contributed by atoms with Crippen molar-refractivity contribution in [1.29, 1.82) is 0 Å². The maximum absolute atomic E-state index is 14.2. The van der Waals surface area contributed by atoms with Crippen molar-refractivity contribution in [3.05, 3.63) is 23.8 Å². The normalized spacial score (nSPS) is 23.3. The Balaban J connectivity index is 1.88. The summed E-state index contributed by atoms with van der Waals surface area (Å²) in [5.74, 6) is -1.08. The van der Waals surface area contributed by atoms with Gasteiger partial charge in [0, 0.05) is 50.7 Å². The van der Waals surface area contributed by atoms with Crippen LogP contribution in [-0.4, -0.2) is 90.4 Å². The third-order valence-electron chi connectivity index (χ3n) is 8.76. The molecule has 0 bridgehead atoms. The number of carbonyl (C=O) groups is 3. The molecule has 1 aliphatic heterocycles. The van der Waals surface area contributed by atoms with E-state index >= 15 is 0 Å². The summed E-state index contributed by atoms with van der Waals surface area (Å²) >= 11 is 0. The van der Waals surface area contributed by atoms with E-state index in [0.717, 1.165) is 44.9 Å². The van der Waals surface area contributed by atoms with Gasteiger partial charge >= 0.3 is 6.18 Å². The first-order valence-electron chi connectivity index (χ1n) is 16.2. The molecule has 1 heterocycles. The zero-order valence-corrected chi connectivity index (χ0v) is 27.0. The number of anilines is 1. The average molecular weight is 642 g/mol. The lowest BCUT2D eigenvalue weighted by molar-refractivity contribution is -0.142. The summed E-state index contributed by atoms with van der Waals surface area (Å²) in [6.07, 6.45) is 0.238. The number of nitrogens with one attached hydrogen (secondary N) is 1. The SMILES string of the molecule is C[C@@H]1CN([C@H](C)CO)C(=O)c2cc(NC(=O)CCC(F)(F)F)ccc2O[C@@H](C)CCCCO[C@@H]1CN(C)C(=O)C1CCCCC1. The summed E-state index contributed by atoms with van der Waals surface area (Å²) in [6.45, 7) is 6.31. The Morgan fingerprint density at radius 2 is 1.80 bits per heavy atom. The molecule has 1 aromatic carbocycles. The van der Waals surface area contributed by atoms with Crippen molar-refractivity contribution in [2.45, 2.75) is 109 Å². The smallest absolute Gasteiger partial charge is 0.389 e. The summed E-state index contributed by atoms with van der Waals surface area (Å²) in [4.78, 5) is 43.0. The second-order valence-corrected chi connectivity index (χ2v) is 12.7. The molecule has 3 amide bonds. The number of aliphatic hydroxyl groups is 1. The summed E-state index contributed by atoms with van der Waals surface area (Å²) in [5, 5.41) is 12.6. The standard InChI is InChI=1S/C33H50F3N3O6/c1-22-19-39(23(2)21-40)32(43)27-18-26(37-30(41)15-16-33(34,35)36)13-14-28(27)45-24(3)10-8-9-17-44-29(22)20-38(4)31(42)25-11-6-5-7-12-25/h13-14,18,22-25,29,40H,5-12,15-17,19-21H2,1-4H3,(H,37,41)/t22-,23-,24+,29-/m1/s1. The van der Waals surface area contributed by atoms with Gasteiger partial charge in [0.2, 0.25) is 11.8 Å². The first kappa shape index (κ1) is 36.6. The molecule has 1 aromatic rings. The van der Waals surface area contributed by atoms with Crippen molar-refractivity contribution in [2.24, 2.45) is 11.8 Å². The molecular weight excluding hydrogens is 591 g/mol. The van der Waals surface area contributed by atoms with Crippen LogP contribution in [0, 0.1) is 11.8 Å². The quantitative estimate of drug-likeness (QED) is 0.372. The fourth-order valence-corrected chi connectivity index (χ4v) is 5.96. The minimum atomic E-state index is -4.47. The number of hydrogen-bond donors (Lipinski definition) is 2. The second-order valence-electron chi connectivity index (χ2n) is 12.7. The van der Waals surface area contributed by atoms with Crippen LogP contribution < -0.4 is 10.1 Å². The average Bonchev–Trinajstić information content (AvgIpc) is 3.01. The number of carbonyl (C=O) groups excluding carboxylic acids is 3. The van der Waals surface area contributed by atoms with E-state index in [2.05, 4.69) is 5.32 Å². The zero-order valence-electron chi connectivity index (χ0n) is 27.0. The van der Waals surface area contributed by atoms with Gasteiger partial charge in [0.25, 0.3) is 5.91 Å². The Hall–Kier alpha value is -2.86. The zero-order chi connectivity index (χ0) is 33.1. The topological polar surface area (TPSA) is 108 Å². The molecular formula is C33H50F3N3O6. The highest BCUT2D eigenvalue weighted by Gasteiger charge is 2.33. The molecule has 0 unspecified atom stereocenters. The molecule has 254 valence electrons. The van der Waals surface area contributed by atoms with Gasteiger partial charge in [-0.05, 0) is 64.2 Å². The number of hydrogen-bond acceptors (Lipinski definition) is 6. The molecule has 0 aromatic heterocycles. The number of ether oxygens (including phenoxy) is 2. The number of likely N-dealkylation sites (N-methyl/N-ethyl adjacent to an activating group) is 1. The van der Waals surface area contributed by atoms with E-state index in [4.69, 9.17) is 9.47 Å². The lowest BCUT2D eigenvalue weighted by Gasteiger charge is -2.36. The summed E-state index contributed by atoms with van der Waals surface area (Å²) in [7, 11) is 1.80. The van der Waals surface area contributed by atoms with E-state index < -0.39 is 36.9 Å². The Morgan fingerprint density at radius 1 is 1.11 bits per heavy atom. The van der Waals surface area contributed by atoms with E-state index in [-0.39, 0.29) is 60.1 Å². The third kappa shape index (κ3) is 11.5. The minimum Gasteiger partial charge on any atom is -0.490 e. The minimum absolute atomic E-state index is 0.0196. The monoisotopic (exact) mass is 641 g/mol. The third-order valence-corrected chi connectivity index (χ3v) is 8.76. The number of fused-ring (bicyclic) bond motifs is 1. The first-order valence-corrected chi connectivity index (χ1v) is 16.2. The van der Waals surface area contributed by atoms with Crippen LogP contribution in [0.5, 0.6) is 5.75 Å². The van der Waals surface area contributed by atoms with Gasteiger partial charge in [-0.1, -0.05) is 26.2 Å². The highest BCUT2D eigenvalue weighted by molar-refractivity contribution is 5.99. The van der Waals surface area contributed by atoms with Crippen LogP contribution >= 0.6 is 0 Å². The van der Waals surface area contributed by atoms with Crippen LogP contribution in [0.2, 0.25) is 0 Å². The molecule has 0 spiro atoms. The summed E-state index contributed by atoms with van der Waals surface area (Å²) in [5.41, 5.74) is 0.294. The van der Waals surface area contributed by atoms with E-state index in [1.165, 1.54) is 23.1 Å². The summed E-state index contributed by atoms with van der Waals surface area (Å²) in [6, 6.07) is 3.86. The van der Waals surface area contributed by atoms with Gasteiger partial charge in [-0.3, -0.25) is 14.4 Å². The number of benzene rings is 1. The van der Waals surface area contributed by atoms with E-state index in [0.29, 0.717) is 19.6 Å². The number of amides is 3. The van der Waals surface area contributed by atoms with Crippen LogP contribution in [0.3, 0.4) is 0 Å². The lowest BCUT2D eigenvalue weighted by atomic mass is 9.88. The fraction of sp³-hybridized carbons (Fsp3) is 0.727. The predicted octanol–water partition coefficient (Wildman–Crippen LogP) is 5.80. The van der Waals surface area contributed by atoms with E-state index in [1.54, 1.807) is 18.9 Å². The number of alkyl halides is 3. The number of nitrogens with zero attached hydrogens (tertiary/aromatic N) is 2. The van der Waals surface area contributed by atoms with Gasteiger partial charge in [-0.25, -0.2) is 0 Å². The molecule has 2 aliphatic rings. The van der Waals surface area contributed by atoms with Gasteiger partial charge in [-0.15, -0.1) is 0 Å². The molecule has 1 fully saturated rings. The van der Waals surface area contributed by atoms with Crippen LogP contribution in [0.15, 0.2) is 18.2 Å². The van der Waals surface area contributed by atoms with Crippen LogP contribution in [0.25, 0.3) is 0 Å². The van der Waals surface area contributed by atoms with Gasteiger partial charge in [-0.2, -0.15) is 13.2 Å². The highest BCUT2D eigenvalue weighted by atomic mass is 19.4. The van der Waals surface area contributed by atoms with Gasteiger partial charge in [0.15, 0.2) is 0 Å². The van der Waals surface area contributed by atoms with Crippen molar-refractivity contribution in [3.63, 3.8) is 0 Å². The van der Waals surface area contributed by atoms with Crippen LogP contribution in [0.4, 0.5) is 18.9 Å². The Bertz CT molecular complexity index is 1130. The largest absolute Gasteiger partial charge is 0.490 e. The molecule has 0 saturated heterocycles. The first-order chi connectivity index (χ1) is 21.3. The molecule has 4 atom stereocenters. The number of halogens is 3. The van der Waals surface area contributed by atoms with Crippen molar-refractivity contribution in [3.8, 4) is 5.75 Å². The maximum Gasteiger partial charge on any atom is 0.389 e. The fourth-order valence-electron chi connectivity index (χ4n) is 5.96. The second kappa shape index (κ2) is 17.2. The van der Waals surface area contributed by atoms with Crippen molar-refractivity contribution < 1.29 is 42.1 Å². The molecule has 12 heteroatoms. The highest BCUT2D eigenvalue weighted by Crippen LogP contribution is 2.30. The molecule has 45 heavy (non-hydrogen) atoms. The maximum atomic E-state index is 14.2.